The Morgan fingerprint density at radius 3 is 2.23 bits per heavy atom. The number of carbonyl (C=O) groups excluding carboxylic acids is 1. The standard InChI is InChI=1S/C20H25NO/c1-13-6-8-15(3)18(10-13)12-20(22)21-17(5)19-11-14(2)7-9-16(19)4/h6-11,17H,12H2,1-5H3,(H,21,22). The zero-order valence-corrected chi connectivity index (χ0v) is 14.2. The predicted molar refractivity (Wildman–Crippen MR) is 92.1 cm³/mol. The molecule has 1 unspecified atom stereocenters. The Morgan fingerprint density at radius 2 is 1.55 bits per heavy atom. The first-order valence-electron chi connectivity index (χ1n) is 7.79. The summed E-state index contributed by atoms with van der Waals surface area (Å²) in [4.78, 5) is 12.3. The fourth-order valence-corrected chi connectivity index (χ4v) is 2.76. The van der Waals surface area contributed by atoms with E-state index in [2.05, 4.69) is 69.4 Å². The lowest BCUT2D eigenvalue weighted by molar-refractivity contribution is -0.121. The van der Waals surface area contributed by atoms with E-state index in [0.29, 0.717) is 6.42 Å². The van der Waals surface area contributed by atoms with Crippen molar-refractivity contribution in [1.82, 2.24) is 5.32 Å². The average Bonchev–Trinajstić information content (AvgIpc) is 2.45. The lowest BCUT2D eigenvalue weighted by atomic mass is 9.99. The number of amides is 1. The monoisotopic (exact) mass is 295 g/mol. The van der Waals surface area contributed by atoms with Crippen molar-refractivity contribution in [3.63, 3.8) is 0 Å². The number of benzene rings is 2. The van der Waals surface area contributed by atoms with E-state index in [1.165, 1.54) is 27.8 Å². The summed E-state index contributed by atoms with van der Waals surface area (Å²) in [6.45, 7) is 10.3. The molecule has 0 fully saturated rings. The molecule has 2 heteroatoms. The molecule has 0 aliphatic rings. The predicted octanol–water partition coefficient (Wildman–Crippen LogP) is 4.34. The van der Waals surface area contributed by atoms with Crippen molar-refractivity contribution in [1.29, 1.82) is 0 Å². The second kappa shape index (κ2) is 6.78. The molecule has 0 aromatic heterocycles. The van der Waals surface area contributed by atoms with Gasteiger partial charge in [0.2, 0.25) is 5.91 Å². The maximum Gasteiger partial charge on any atom is 0.224 e. The molecule has 2 aromatic rings. The Labute approximate surface area is 133 Å². The molecule has 0 aliphatic carbocycles. The number of aryl methyl sites for hydroxylation is 4. The summed E-state index contributed by atoms with van der Waals surface area (Å²) in [5.41, 5.74) is 7.08. The van der Waals surface area contributed by atoms with Gasteiger partial charge >= 0.3 is 0 Å². The Morgan fingerprint density at radius 1 is 0.955 bits per heavy atom. The van der Waals surface area contributed by atoms with Crippen LogP contribution in [0, 0.1) is 27.7 Å². The van der Waals surface area contributed by atoms with Crippen LogP contribution in [-0.2, 0) is 11.2 Å². The third-order valence-corrected chi connectivity index (χ3v) is 4.13. The Bertz CT molecular complexity index is 688. The van der Waals surface area contributed by atoms with Crippen LogP contribution in [0.1, 0.15) is 46.3 Å². The molecule has 1 atom stereocenters. The van der Waals surface area contributed by atoms with Crippen LogP contribution in [0.2, 0.25) is 0 Å². The number of hydrogen-bond acceptors (Lipinski definition) is 1. The summed E-state index contributed by atoms with van der Waals surface area (Å²) >= 11 is 0. The summed E-state index contributed by atoms with van der Waals surface area (Å²) in [7, 11) is 0. The third kappa shape index (κ3) is 3.97. The van der Waals surface area contributed by atoms with Gasteiger partial charge in [0.25, 0.3) is 0 Å². The van der Waals surface area contributed by atoms with Crippen LogP contribution >= 0.6 is 0 Å². The highest BCUT2D eigenvalue weighted by atomic mass is 16.1. The van der Waals surface area contributed by atoms with E-state index in [9.17, 15) is 4.79 Å². The molecule has 2 nitrogen and oxygen atoms in total. The van der Waals surface area contributed by atoms with E-state index in [-0.39, 0.29) is 11.9 Å². The minimum Gasteiger partial charge on any atom is -0.349 e. The highest BCUT2D eigenvalue weighted by Crippen LogP contribution is 2.19. The average molecular weight is 295 g/mol. The minimum absolute atomic E-state index is 0.0255. The smallest absolute Gasteiger partial charge is 0.224 e. The van der Waals surface area contributed by atoms with Crippen LogP contribution in [0.15, 0.2) is 36.4 Å². The van der Waals surface area contributed by atoms with Crippen molar-refractivity contribution in [3.05, 3.63) is 69.8 Å². The van der Waals surface area contributed by atoms with Gasteiger partial charge in [-0.2, -0.15) is 0 Å². The van der Waals surface area contributed by atoms with Crippen LogP contribution in [0.4, 0.5) is 0 Å². The van der Waals surface area contributed by atoms with Crippen LogP contribution < -0.4 is 5.32 Å². The van der Waals surface area contributed by atoms with Gasteiger partial charge < -0.3 is 5.32 Å². The molecule has 2 rings (SSSR count). The summed E-state index contributed by atoms with van der Waals surface area (Å²) in [5.74, 6) is 0.0714. The lowest BCUT2D eigenvalue weighted by Crippen LogP contribution is -2.28. The van der Waals surface area contributed by atoms with Crippen LogP contribution in [0.5, 0.6) is 0 Å². The van der Waals surface area contributed by atoms with E-state index >= 15 is 0 Å². The molecule has 0 saturated heterocycles. The van der Waals surface area contributed by atoms with Gasteiger partial charge in [-0.25, -0.2) is 0 Å². The number of hydrogen-bond donors (Lipinski definition) is 1. The Kier molecular flexibility index (Phi) is 5.02. The van der Waals surface area contributed by atoms with E-state index < -0.39 is 0 Å². The molecular weight excluding hydrogens is 270 g/mol. The Hall–Kier alpha value is -2.09. The van der Waals surface area contributed by atoms with E-state index in [1.54, 1.807) is 0 Å². The van der Waals surface area contributed by atoms with Gasteiger partial charge in [0.15, 0.2) is 0 Å². The topological polar surface area (TPSA) is 29.1 Å². The van der Waals surface area contributed by atoms with Crippen molar-refractivity contribution in [2.45, 2.75) is 47.1 Å². The van der Waals surface area contributed by atoms with Crippen LogP contribution in [-0.4, -0.2) is 5.91 Å². The lowest BCUT2D eigenvalue weighted by Gasteiger charge is -2.18. The highest BCUT2D eigenvalue weighted by molar-refractivity contribution is 5.79. The molecule has 0 aliphatic heterocycles. The van der Waals surface area contributed by atoms with Gasteiger partial charge in [-0.15, -0.1) is 0 Å². The number of carbonyl (C=O) groups is 1. The van der Waals surface area contributed by atoms with Gasteiger partial charge in [-0.3, -0.25) is 4.79 Å². The molecule has 1 N–H and O–H groups in total. The third-order valence-electron chi connectivity index (χ3n) is 4.13. The van der Waals surface area contributed by atoms with E-state index in [0.717, 1.165) is 5.56 Å². The summed E-state index contributed by atoms with van der Waals surface area (Å²) in [6.07, 6.45) is 0.433. The molecule has 0 bridgehead atoms. The molecule has 2 aromatic carbocycles. The van der Waals surface area contributed by atoms with Gasteiger partial charge in [-0.05, 0) is 56.9 Å². The fourth-order valence-electron chi connectivity index (χ4n) is 2.76. The minimum atomic E-state index is 0.0255. The van der Waals surface area contributed by atoms with E-state index in [4.69, 9.17) is 0 Å². The molecule has 0 spiro atoms. The van der Waals surface area contributed by atoms with Gasteiger partial charge in [0, 0.05) is 0 Å². The molecular formula is C20H25NO. The first-order chi connectivity index (χ1) is 10.4. The molecule has 0 radical (unpaired) electrons. The summed E-state index contributed by atoms with van der Waals surface area (Å²) in [6, 6.07) is 12.6. The normalized spacial score (nSPS) is 12.0. The van der Waals surface area contributed by atoms with Crippen molar-refractivity contribution in [2.75, 3.05) is 0 Å². The van der Waals surface area contributed by atoms with Crippen LogP contribution in [0.25, 0.3) is 0 Å². The Balaban J connectivity index is 2.08. The zero-order chi connectivity index (χ0) is 16.3. The van der Waals surface area contributed by atoms with Gasteiger partial charge in [-0.1, -0.05) is 47.5 Å². The molecule has 0 saturated carbocycles. The van der Waals surface area contributed by atoms with Crippen molar-refractivity contribution >= 4 is 5.91 Å². The van der Waals surface area contributed by atoms with E-state index in [1.807, 2.05) is 6.92 Å². The molecule has 22 heavy (non-hydrogen) atoms. The molecule has 1 amide bonds. The fraction of sp³-hybridized carbons (Fsp3) is 0.350. The number of rotatable bonds is 4. The molecule has 0 heterocycles. The van der Waals surface area contributed by atoms with Crippen molar-refractivity contribution in [3.8, 4) is 0 Å². The second-order valence-corrected chi connectivity index (χ2v) is 6.26. The zero-order valence-electron chi connectivity index (χ0n) is 14.2. The maximum atomic E-state index is 12.3. The van der Waals surface area contributed by atoms with Crippen molar-refractivity contribution in [2.24, 2.45) is 0 Å². The maximum absolute atomic E-state index is 12.3. The van der Waals surface area contributed by atoms with Crippen molar-refractivity contribution < 1.29 is 4.79 Å². The van der Waals surface area contributed by atoms with Gasteiger partial charge in [0.1, 0.15) is 0 Å². The van der Waals surface area contributed by atoms with Gasteiger partial charge in [0.05, 0.1) is 12.5 Å². The summed E-state index contributed by atoms with van der Waals surface area (Å²) < 4.78 is 0. The second-order valence-electron chi connectivity index (χ2n) is 6.26. The molecule has 116 valence electrons. The highest BCUT2D eigenvalue weighted by Gasteiger charge is 2.13. The largest absolute Gasteiger partial charge is 0.349 e. The SMILES string of the molecule is Cc1ccc(C)c(CC(=O)NC(C)c2cc(C)ccc2C)c1. The summed E-state index contributed by atoms with van der Waals surface area (Å²) in [5, 5.41) is 3.12. The quantitative estimate of drug-likeness (QED) is 0.893. The first kappa shape index (κ1) is 16.3. The first-order valence-corrected chi connectivity index (χ1v) is 7.79. The number of nitrogens with one attached hydrogen (secondary N) is 1. The van der Waals surface area contributed by atoms with Crippen LogP contribution in [0.3, 0.4) is 0 Å².